The predicted molar refractivity (Wildman–Crippen MR) is 115 cm³/mol. The lowest BCUT2D eigenvalue weighted by atomic mass is 10.1. The lowest BCUT2D eigenvalue weighted by molar-refractivity contribution is -0.385. The highest BCUT2D eigenvalue weighted by molar-refractivity contribution is 6.32. The second-order valence-corrected chi connectivity index (χ2v) is 8.27. The van der Waals surface area contributed by atoms with Crippen molar-refractivity contribution in [3.05, 3.63) is 74.5 Å². The van der Waals surface area contributed by atoms with Gasteiger partial charge >= 0.3 is 18.1 Å². The maximum Gasteiger partial charge on any atom is 0.416 e. The highest BCUT2D eigenvalue weighted by atomic mass is 35.5. The number of nitro groups is 1. The number of ether oxygens (including phenoxy) is 3. The van der Waals surface area contributed by atoms with Gasteiger partial charge in [0.2, 0.25) is 0 Å². The van der Waals surface area contributed by atoms with Crippen molar-refractivity contribution < 1.29 is 41.9 Å². The van der Waals surface area contributed by atoms with Crippen molar-refractivity contribution in [2.24, 2.45) is 0 Å². The van der Waals surface area contributed by atoms with Crippen molar-refractivity contribution in [2.45, 2.75) is 39.5 Å². The van der Waals surface area contributed by atoms with Crippen molar-refractivity contribution in [1.29, 1.82) is 0 Å². The van der Waals surface area contributed by atoms with Gasteiger partial charge in [0, 0.05) is 12.1 Å². The number of alkyl halides is 3. The summed E-state index contributed by atoms with van der Waals surface area (Å²) in [5.74, 6) is -2.46. The van der Waals surface area contributed by atoms with Gasteiger partial charge in [-0.15, -0.1) is 0 Å². The van der Waals surface area contributed by atoms with E-state index in [4.69, 9.17) is 25.8 Å². The van der Waals surface area contributed by atoms with Gasteiger partial charge in [0.05, 0.1) is 21.6 Å². The number of halogens is 4. The van der Waals surface area contributed by atoms with E-state index in [1.165, 1.54) is 6.92 Å². The topological polar surface area (TPSA) is 105 Å². The molecule has 0 unspecified atom stereocenters. The van der Waals surface area contributed by atoms with Crippen LogP contribution < -0.4 is 4.74 Å². The van der Waals surface area contributed by atoms with Crippen LogP contribution in [0.5, 0.6) is 11.5 Å². The molecule has 12 heteroatoms. The first kappa shape index (κ1) is 26.7. The Morgan fingerprint density at radius 3 is 2.26 bits per heavy atom. The maximum absolute atomic E-state index is 12.8. The molecule has 0 aliphatic carbocycles. The summed E-state index contributed by atoms with van der Waals surface area (Å²) in [5, 5.41) is 11.0. The van der Waals surface area contributed by atoms with Crippen LogP contribution in [0.3, 0.4) is 0 Å². The molecule has 0 aromatic heterocycles. The van der Waals surface area contributed by atoms with Gasteiger partial charge in [-0.1, -0.05) is 11.6 Å². The Hall–Kier alpha value is -3.60. The van der Waals surface area contributed by atoms with Crippen LogP contribution >= 0.6 is 11.6 Å². The minimum absolute atomic E-state index is 0.131. The van der Waals surface area contributed by atoms with E-state index >= 15 is 0 Å². The third-order valence-corrected chi connectivity index (χ3v) is 4.15. The zero-order chi connectivity index (χ0) is 25.8. The molecular weight excluding hydrogens is 483 g/mol. The number of rotatable bonds is 6. The van der Waals surface area contributed by atoms with E-state index in [-0.39, 0.29) is 22.3 Å². The van der Waals surface area contributed by atoms with Crippen LogP contribution in [0.1, 0.15) is 43.6 Å². The van der Waals surface area contributed by atoms with Gasteiger partial charge in [0.15, 0.2) is 0 Å². The van der Waals surface area contributed by atoms with Crippen LogP contribution in [0.15, 0.2) is 48.2 Å². The Bertz CT molecular complexity index is 1150. The normalized spacial score (nSPS) is 12.2. The van der Waals surface area contributed by atoms with Crippen LogP contribution in [-0.2, 0) is 20.4 Å². The smallest absolute Gasteiger partial charge is 0.416 e. The molecule has 2 rings (SSSR count). The third-order valence-electron chi connectivity index (χ3n) is 3.85. The number of hydrogen-bond donors (Lipinski definition) is 0. The van der Waals surface area contributed by atoms with E-state index in [0.29, 0.717) is 6.07 Å². The Morgan fingerprint density at radius 1 is 1.09 bits per heavy atom. The standard InChI is InChI=1S/C22H19ClF3NO7/c1-12(9-19(28)34-21(2,3)4)32-20(29)15-11-14(6-7-17(15)27(30)31)33-18-8-5-13(10-16(18)23)22(24,25)26/h5-11H,1-4H3/b12-9+. The van der Waals surface area contributed by atoms with Crippen LogP contribution in [0, 0.1) is 10.1 Å². The average Bonchev–Trinajstić information content (AvgIpc) is 2.66. The number of nitro benzene ring substituents is 1. The average molecular weight is 502 g/mol. The lowest BCUT2D eigenvalue weighted by Gasteiger charge is -2.18. The summed E-state index contributed by atoms with van der Waals surface area (Å²) in [4.78, 5) is 34.9. The number of benzene rings is 2. The molecule has 0 saturated heterocycles. The molecule has 0 aliphatic heterocycles. The minimum atomic E-state index is -4.61. The Labute approximate surface area is 197 Å². The van der Waals surface area contributed by atoms with E-state index in [1.54, 1.807) is 20.8 Å². The van der Waals surface area contributed by atoms with Crippen LogP contribution in [0.25, 0.3) is 0 Å². The van der Waals surface area contributed by atoms with Gasteiger partial charge in [-0.25, -0.2) is 9.59 Å². The molecule has 182 valence electrons. The summed E-state index contributed by atoms with van der Waals surface area (Å²) in [6, 6.07) is 5.42. The monoisotopic (exact) mass is 501 g/mol. The molecular formula is C22H19ClF3NO7. The number of esters is 2. The van der Waals surface area contributed by atoms with Crippen molar-refractivity contribution in [3.63, 3.8) is 0 Å². The fourth-order valence-electron chi connectivity index (χ4n) is 2.52. The quantitative estimate of drug-likeness (QED) is 0.147. The number of nitrogens with zero attached hydrogens (tertiary/aromatic N) is 1. The predicted octanol–water partition coefficient (Wildman–Crippen LogP) is 6.46. The van der Waals surface area contributed by atoms with Crippen LogP contribution in [0.4, 0.5) is 18.9 Å². The Kier molecular flexibility index (Phi) is 7.93. The summed E-state index contributed by atoms with van der Waals surface area (Å²) in [7, 11) is 0. The molecule has 0 fully saturated rings. The van der Waals surface area contributed by atoms with Crippen molar-refractivity contribution in [2.75, 3.05) is 0 Å². The molecule has 0 saturated carbocycles. The van der Waals surface area contributed by atoms with E-state index in [0.717, 1.165) is 36.4 Å². The molecule has 2 aromatic rings. The van der Waals surface area contributed by atoms with Gasteiger partial charge in [0.25, 0.3) is 5.69 Å². The first-order valence-corrected chi connectivity index (χ1v) is 9.91. The highest BCUT2D eigenvalue weighted by Crippen LogP contribution is 2.37. The summed E-state index contributed by atoms with van der Waals surface area (Å²) in [6.45, 7) is 6.18. The van der Waals surface area contributed by atoms with Crippen LogP contribution in [-0.4, -0.2) is 22.5 Å². The van der Waals surface area contributed by atoms with E-state index in [2.05, 4.69) is 0 Å². The molecule has 0 radical (unpaired) electrons. The summed E-state index contributed by atoms with van der Waals surface area (Å²) in [6.07, 6.45) is -3.71. The molecule has 0 spiro atoms. The summed E-state index contributed by atoms with van der Waals surface area (Å²) < 4.78 is 53.9. The maximum atomic E-state index is 12.8. The van der Waals surface area contributed by atoms with Gasteiger partial charge in [0.1, 0.15) is 28.4 Å². The third kappa shape index (κ3) is 7.48. The largest absolute Gasteiger partial charge is 0.457 e. The number of allylic oxidation sites excluding steroid dienone is 1. The number of carbonyl (C=O) groups is 2. The van der Waals surface area contributed by atoms with Crippen molar-refractivity contribution in [3.8, 4) is 11.5 Å². The number of carbonyl (C=O) groups excluding carboxylic acids is 2. The molecule has 0 amide bonds. The molecule has 34 heavy (non-hydrogen) atoms. The first-order chi connectivity index (χ1) is 15.6. The second kappa shape index (κ2) is 10.1. The Balaban J connectivity index is 2.31. The lowest BCUT2D eigenvalue weighted by Crippen LogP contribution is -2.23. The van der Waals surface area contributed by atoms with Crippen LogP contribution in [0.2, 0.25) is 5.02 Å². The fourth-order valence-corrected chi connectivity index (χ4v) is 2.74. The van der Waals surface area contributed by atoms with Crippen molar-refractivity contribution in [1.82, 2.24) is 0 Å². The molecule has 0 atom stereocenters. The van der Waals surface area contributed by atoms with Gasteiger partial charge in [-0.05, 0) is 52.0 Å². The SMILES string of the molecule is C/C(=C\C(=O)OC(C)(C)C)OC(=O)c1cc(Oc2ccc(C(F)(F)F)cc2Cl)ccc1[N+](=O)[O-]. The molecule has 0 heterocycles. The highest BCUT2D eigenvalue weighted by Gasteiger charge is 2.31. The first-order valence-electron chi connectivity index (χ1n) is 9.53. The molecule has 0 N–H and O–H groups in total. The van der Waals surface area contributed by atoms with Gasteiger partial charge in [-0.3, -0.25) is 10.1 Å². The van der Waals surface area contributed by atoms with Crippen molar-refractivity contribution >= 4 is 29.2 Å². The molecule has 0 bridgehead atoms. The molecule has 2 aromatic carbocycles. The van der Waals surface area contributed by atoms with E-state index in [1.807, 2.05) is 0 Å². The zero-order valence-electron chi connectivity index (χ0n) is 18.4. The van der Waals surface area contributed by atoms with Gasteiger partial charge < -0.3 is 14.2 Å². The molecule has 8 nitrogen and oxygen atoms in total. The van der Waals surface area contributed by atoms with Gasteiger partial charge in [-0.2, -0.15) is 13.2 Å². The van der Waals surface area contributed by atoms with E-state index < -0.39 is 45.5 Å². The fraction of sp³-hybridized carbons (Fsp3) is 0.273. The zero-order valence-corrected chi connectivity index (χ0v) is 19.1. The Morgan fingerprint density at radius 2 is 1.74 bits per heavy atom. The minimum Gasteiger partial charge on any atom is -0.457 e. The summed E-state index contributed by atoms with van der Waals surface area (Å²) >= 11 is 5.86. The molecule has 0 aliphatic rings. The second-order valence-electron chi connectivity index (χ2n) is 7.86. The van der Waals surface area contributed by atoms with E-state index in [9.17, 15) is 32.9 Å². The number of hydrogen-bond acceptors (Lipinski definition) is 7. The summed E-state index contributed by atoms with van der Waals surface area (Å²) in [5.41, 5.74) is -2.93.